The molecular weight excluding hydrogens is 463 g/mol. The van der Waals surface area contributed by atoms with Gasteiger partial charge in [0.2, 0.25) is 5.91 Å². The lowest BCUT2D eigenvalue weighted by Gasteiger charge is -2.45. The Bertz CT molecular complexity index is 583. The second-order valence-electron chi connectivity index (χ2n) is 6.77. The van der Waals surface area contributed by atoms with Crippen molar-refractivity contribution in [2.75, 3.05) is 32.4 Å². The number of thioether (sulfide) groups is 1. The molecule has 0 radical (unpaired) electrons. The highest BCUT2D eigenvalue weighted by atomic mass is 127. The zero-order valence-corrected chi connectivity index (χ0v) is 18.5. The smallest absolute Gasteiger partial charge is 0.239 e. The molecule has 0 unspecified atom stereocenters. The average molecular weight is 492 g/mol. The van der Waals surface area contributed by atoms with E-state index in [0.717, 1.165) is 30.6 Å². The zero-order chi connectivity index (χ0) is 17.5. The van der Waals surface area contributed by atoms with Crippen LogP contribution < -0.4 is 10.6 Å². The van der Waals surface area contributed by atoms with E-state index >= 15 is 0 Å². The summed E-state index contributed by atoms with van der Waals surface area (Å²) in [5.74, 6) is 2.66. The third-order valence-electron chi connectivity index (χ3n) is 4.97. The minimum atomic E-state index is -0.0590. The van der Waals surface area contributed by atoms with Gasteiger partial charge in [-0.2, -0.15) is 11.8 Å². The monoisotopic (exact) mass is 492 g/mol. The zero-order valence-electron chi connectivity index (χ0n) is 15.3. The van der Waals surface area contributed by atoms with Crippen LogP contribution in [-0.4, -0.2) is 53.9 Å². The summed E-state index contributed by atoms with van der Waals surface area (Å²) >= 11 is 2.13. The van der Waals surface area contributed by atoms with Crippen LogP contribution in [0.5, 0.6) is 0 Å². The number of aliphatic imine (C=N–C) groups is 1. The number of guanidine groups is 1. The fourth-order valence-electron chi connectivity index (χ4n) is 3.68. The third kappa shape index (κ3) is 5.80. The van der Waals surface area contributed by atoms with Crippen LogP contribution in [0.2, 0.25) is 0 Å². The average Bonchev–Trinajstić information content (AvgIpc) is 3.15. The lowest BCUT2D eigenvalue weighted by atomic mass is 9.87. The lowest BCUT2D eigenvalue weighted by molar-refractivity contribution is -0.120. The van der Waals surface area contributed by atoms with E-state index in [1.54, 1.807) is 13.3 Å². The minimum Gasteiger partial charge on any atom is -0.467 e. The van der Waals surface area contributed by atoms with Crippen molar-refractivity contribution in [2.45, 2.75) is 43.4 Å². The molecule has 0 aromatic carbocycles. The molecule has 2 fully saturated rings. The van der Waals surface area contributed by atoms with Crippen LogP contribution in [0.4, 0.5) is 0 Å². The number of furan rings is 1. The maximum atomic E-state index is 12.0. The predicted molar refractivity (Wildman–Crippen MR) is 117 cm³/mol. The molecule has 1 aliphatic carbocycles. The van der Waals surface area contributed by atoms with Gasteiger partial charge in [-0.05, 0) is 25.0 Å². The largest absolute Gasteiger partial charge is 0.467 e. The van der Waals surface area contributed by atoms with Crippen LogP contribution in [-0.2, 0) is 11.3 Å². The van der Waals surface area contributed by atoms with Gasteiger partial charge in [0.15, 0.2) is 5.96 Å². The molecule has 1 saturated carbocycles. The van der Waals surface area contributed by atoms with E-state index in [0.29, 0.717) is 11.3 Å². The summed E-state index contributed by atoms with van der Waals surface area (Å²) in [4.78, 5) is 18.8. The van der Waals surface area contributed by atoms with Crippen molar-refractivity contribution < 1.29 is 9.21 Å². The van der Waals surface area contributed by atoms with E-state index in [-0.39, 0.29) is 36.4 Å². The normalized spacial score (nSPS) is 19.7. The molecule has 8 heteroatoms. The summed E-state index contributed by atoms with van der Waals surface area (Å²) in [5.41, 5.74) is 0. The number of nitrogens with zero attached hydrogens (tertiary/aromatic N) is 2. The number of carbonyl (C=O) groups excluding carboxylic acids is 1. The first-order chi connectivity index (χ1) is 12.2. The molecule has 2 aliphatic rings. The van der Waals surface area contributed by atoms with Crippen LogP contribution in [0.1, 0.15) is 37.9 Å². The maximum absolute atomic E-state index is 12.0. The van der Waals surface area contributed by atoms with Crippen LogP contribution in [0.25, 0.3) is 0 Å². The molecule has 1 amide bonds. The van der Waals surface area contributed by atoms with Crippen molar-refractivity contribution in [3.63, 3.8) is 0 Å². The molecule has 2 heterocycles. The highest BCUT2D eigenvalue weighted by Crippen LogP contribution is 2.42. The van der Waals surface area contributed by atoms with Gasteiger partial charge < -0.3 is 20.0 Å². The first-order valence-electron chi connectivity index (χ1n) is 9.09. The van der Waals surface area contributed by atoms with Gasteiger partial charge in [-0.25, -0.2) is 0 Å². The van der Waals surface area contributed by atoms with Gasteiger partial charge in [-0.1, -0.05) is 19.3 Å². The second-order valence-corrected chi connectivity index (χ2v) is 8.33. The van der Waals surface area contributed by atoms with Crippen molar-refractivity contribution >= 4 is 47.6 Å². The molecule has 1 aliphatic heterocycles. The van der Waals surface area contributed by atoms with Crippen LogP contribution >= 0.6 is 35.7 Å². The van der Waals surface area contributed by atoms with E-state index in [1.807, 2.05) is 12.1 Å². The Balaban J connectivity index is 0.00000243. The van der Waals surface area contributed by atoms with Gasteiger partial charge in [0.25, 0.3) is 0 Å². The topological polar surface area (TPSA) is 69.9 Å². The standard InChI is InChI=1S/C18H28N4O2S.HI/c1-19-17(21-13-16(23)20-12-15-6-5-10-24-15)22-9-11-25-18(14-22)7-3-2-4-8-18;/h5-6,10H,2-4,7-9,11-14H2,1H3,(H,19,21)(H,20,23);1H. The van der Waals surface area contributed by atoms with Gasteiger partial charge in [0.1, 0.15) is 5.76 Å². The molecule has 1 aromatic rings. The Morgan fingerprint density at radius 3 is 2.85 bits per heavy atom. The summed E-state index contributed by atoms with van der Waals surface area (Å²) in [6.07, 6.45) is 8.25. The number of amides is 1. The second kappa shape index (κ2) is 10.4. The number of hydrogen-bond donors (Lipinski definition) is 2. The van der Waals surface area contributed by atoms with E-state index in [9.17, 15) is 4.79 Å². The fraction of sp³-hybridized carbons (Fsp3) is 0.667. The molecule has 0 bridgehead atoms. The summed E-state index contributed by atoms with van der Waals surface area (Å²) in [7, 11) is 1.79. The fourth-order valence-corrected chi connectivity index (χ4v) is 5.25. The van der Waals surface area contributed by atoms with Crippen LogP contribution in [0, 0.1) is 0 Å². The highest BCUT2D eigenvalue weighted by molar-refractivity contribution is 14.0. The summed E-state index contributed by atoms with van der Waals surface area (Å²) in [5, 5.41) is 6.07. The van der Waals surface area contributed by atoms with Crippen LogP contribution in [0.15, 0.2) is 27.8 Å². The molecule has 1 spiro atoms. The van der Waals surface area contributed by atoms with Gasteiger partial charge in [0.05, 0.1) is 19.4 Å². The van der Waals surface area contributed by atoms with Crippen molar-refractivity contribution in [1.82, 2.24) is 15.5 Å². The molecule has 6 nitrogen and oxygen atoms in total. The maximum Gasteiger partial charge on any atom is 0.239 e. The molecule has 146 valence electrons. The minimum absolute atomic E-state index is 0. The highest BCUT2D eigenvalue weighted by Gasteiger charge is 2.38. The number of nitrogens with one attached hydrogen (secondary N) is 2. The van der Waals surface area contributed by atoms with E-state index in [1.165, 1.54) is 32.1 Å². The van der Waals surface area contributed by atoms with Gasteiger partial charge in [-0.15, -0.1) is 24.0 Å². The Hall–Kier alpha value is -0.900. The number of hydrogen-bond acceptors (Lipinski definition) is 4. The van der Waals surface area contributed by atoms with Crippen molar-refractivity contribution in [3.8, 4) is 0 Å². The first-order valence-corrected chi connectivity index (χ1v) is 10.1. The van der Waals surface area contributed by atoms with Crippen molar-refractivity contribution in [2.24, 2.45) is 4.99 Å². The number of rotatable bonds is 4. The van der Waals surface area contributed by atoms with Crippen molar-refractivity contribution in [1.29, 1.82) is 0 Å². The van der Waals surface area contributed by atoms with Gasteiger partial charge >= 0.3 is 0 Å². The number of carbonyl (C=O) groups is 1. The quantitative estimate of drug-likeness (QED) is 0.385. The van der Waals surface area contributed by atoms with E-state index in [4.69, 9.17) is 4.42 Å². The Kier molecular flexibility index (Phi) is 8.59. The molecular formula is C18H29IN4O2S. The SMILES string of the molecule is CN=C(NCC(=O)NCc1ccco1)N1CCSC2(CCCCC2)C1.I. The molecule has 2 N–H and O–H groups in total. The Morgan fingerprint density at radius 2 is 2.15 bits per heavy atom. The predicted octanol–water partition coefficient (Wildman–Crippen LogP) is 2.84. The molecule has 0 atom stereocenters. The third-order valence-corrected chi connectivity index (χ3v) is 6.51. The summed E-state index contributed by atoms with van der Waals surface area (Å²) < 4.78 is 5.60. The van der Waals surface area contributed by atoms with Crippen molar-refractivity contribution in [3.05, 3.63) is 24.2 Å². The van der Waals surface area contributed by atoms with Gasteiger partial charge in [-0.3, -0.25) is 9.79 Å². The molecule has 1 saturated heterocycles. The summed E-state index contributed by atoms with van der Waals surface area (Å²) in [6, 6.07) is 3.67. The van der Waals surface area contributed by atoms with E-state index in [2.05, 4.69) is 32.3 Å². The summed E-state index contributed by atoms with van der Waals surface area (Å²) in [6.45, 7) is 2.66. The first kappa shape index (κ1) is 21.4. The number of halogens is 1. The van der Waals surface area contributed by atoms with Gasteiger partial charge in [0, 0.05) is 30.6 Å². The van der Waals surface area contributed by atoms with E-state index < -0.39 is 0 Å². The van der Waals surface area contributed by atoms with Crippen LogP contribution in [0.3, 0.4) is 0 Å². The molecule has 1 aromatic heterocycles. The Labute approximate surface area is 177 Å². The Morgan fingerprint density at radius 1 is 1.35 bits per heavy atom. The lowest BCUT2D eigenvalue weighted by Crippen LogP contribution is -2.54. The molecule has 3 rings (SSSR count). The molecule has 26 heavy (non-hydrogen) atoms.